The van der Waals surface area contributed by atoms with E-state index in [0.29, 0.717) is 55.3 Å². The molecule has 2 heterocycles. The Morgan fingerprint density at radius 1 is 0.625 bits per heavy atom. The molecular formula is C50H53Cl4N6O12-. The van der Waals surface area contributed by atoms with Crippen LogP contribution >= 0.6 is 34.8 Å². The summed E-state index contributed by atoms with van der Waals surface area (Å²) in [4.78, 5) is 88.5. The highest BCUT2D eigenvalue weighted by Gasteiger charge is 2.26. The summed E-state index contributed by atoms with van der Waals surface area (Å²) in [6.45, 7) is 9.50. The first-order valence-electron chi connectivity index (χ1n) is 22.1. The van der Waals surface area contributed by atoms with E-state index in [1.165, 1.54) is 70.0 Å². The zero-order valence-electron chi connectivity index (χ0n) is 40.2. The number of ether oxygens (including phenoxy) is 5. The van der Waals surface area contributed by atoms with Gasteiger partial charge in [-0.25, -0.2) is 19.1 Å². The Morgan fingerprint density at radius 2 is 1.10 bits per heavy atom. The minimum absolute atomic E-state index is 0. The summed E-state index contributed by atoms with van der Waals surface area (Å²) in [5, 5.41) is 6.76. The largest absolute Gasteiger partial charge is 1.00 e. The van der Waals surface area contributed by atoms with Crippen molar-refractivity contribution in [3.8, 4) is 5.88 Å². The quantitative estimate of drug-likeness (QED) is 0.0405. The van der Waals surface area contributed by atoms with Crippen molar-refractivity contribution >= 4 is 81.1 Å². The molecule has 72 heavy (non-hydrogen) atoms. The van der Waals surface area contributed by atoms with Crippen molar-refractivity contribution in [1.82, 2.24) is 19.6 Å². The second-order valence-corrected chi connectivity index (χ2v) is 15.7. The Balaban J connectivity index is 0.000000327. The Kier molecular flexibility index (Phi) is 24.9. The number of ketones is 2. The molecule has 18 nitrogen and oxygen atoms in total. The van der Waals surface area contributed by atoms with Crippen molar-refractivity contribution in [3.05, 3.63) is 163 Å². The lowest BCUT2D eigenvalue weighted by Gasteiger charge is -2.21. The van der Waals surface area contributed by atoms with E-state index in [1.54, 1.807) is 87.5 Å². The van der Waals surface area contributed by atoms with Crippen LogP contribution in [-0.2, 0) is 32.0 Å². The first-order valence-corrected chi connectivity index (χ1v) is 23.2. The number of hydrogen-bond donors (Lipinski definition) is 1. The fourth-order valence-electron chi connectivity index (χ4n) is 6.38. The van der Waals surface area contributed by atoms with E-state index in [4.69, 9.17) is 58.5 Å². The lowest BCUT2D eigenvalue weighted by atomic mass is 10.1. The number of carbonyl (C=O) groups is 6. The minimum Gasteiger partial charge on any atom is -1.00 e. The van der Waals surface area contributed by atoms with E-state index in [0.717, 1.165) is 0 Å². The molecule has 4 aromatic carbocycles. The van der Waals surface area contributed by atoms with Gasteiger partial charge in [0.05, 0.1) is 35.0 Å². The number of halogens is 4. The molecule has 0 aliphatic heterocycles. The number of aromatic amines is 1. The van der Waals surface area contributed by atoms with Gasteiger partial charge in [-0.3, -0.25) is 33.7 Å². The summed E-state index contributed by atoms with van der Waals surface area (Å²) in [5.41, 5.74) is 1.90. The van der Waals surface area contributed by atoms with Crippen LogP contribution in [0.25, 0.3) is 0 Å². The number of methoxy groups -OCH3 is 2. The molecule has 0 saturated carbocycles. The van der Waals surface area contributed by atoms with Gasteiger partial charge in [0.25, 0.3) is 10.8 Å². The molecule has 0 radical (unpaired) electrons. The van der Waals surface area contributed by atoms with Crippen molar-refractivity contribution in [3.63, 3.8) is 0 Å². The number of aryl methyl sites for hydroxylation is 2. The fourth-order valence-corrected chi connectivity index (χ4v) is 7.02. The van der Waals surface area contributed by atoms with Crippen LogP contribution in [-0.4, -0.2) is 108 Å². The van der Waals surface area contributed by atoms with Crippen LogP contribution in [0.1, 0.15) is 80.3 Å². The van der Waals surface area contributed by atoms with Crippen LogP contribution < -0.4 is 32.5 Å². The third-order valence-corrected chi connectivity index (χ3v) is 10.9. The molecule has 0 fully saturated rings. The van der Waals surface area contributed by atoms with Crippen molar-refractivity contribution in [1.29, 1.82) is 0 Å². The number of carbonyl (C=O) groups excluding carboxylic acids is 6. The van der Waals surface area contributed by atoms with E-state index in [-0.39, 0.29) is 70.4 Å². The second kappa shape index (κ2) is 30.2. The Labute approximate surface area is 437 Å². The van der Waals surface area contributed by atoms with Crippen LogP contribution in [0.3, 0.4) is 0 Å². The molecule has 0 atom stereocenters. The average molecular weight is 1070 g/mol. The molecule has 2 aromatic heterocycles. The SMILES string of the molecule is CCN(C(=O)OCCOC)c1ccc(C(=O)c2c[nH]n(CC)c2=O)c(Cl)c1.CCN(C(=O)OCCOC)c1ccc(C(=O)c2cnn(CC)c2OC(=O)c2ccccc2)c(Cl)c1.O=C(Cl)c1ccccc1.[Cl-]. The first-order chi connectivity index (χ1) is 34.1. The number of anilines is 2. The zero-order valence-corrected chi connectivity index (χ0v) is 43.2. The van der Waals surface area contributed by atoms with E-state index in [1.807, 2.05) is 13.0 Å². The van der Waals surface area contributed by atoms with Crippen molar-refractivity contribution in [2.24, 2.45) is 0 Å². The maximum atomic E-state index is 13.3. The lowest BCUT2D eigenvalue weighted by Crippen LogP contribution is -3.00. The number of nitrogens with one attached hydrogen (secondary N) is 1. The molecule has 2 amide bonds. The van der Waals surface area contributed by atoms with Gasteiger partial charge in [-0.2, -0.15) is 5.10 Å². The van der Waals surface area contributed by atoms with E-state index in [2.05, 4.69) is 10.2 Å². The molecule has 0 bridgehead atoms. The van der Waals surface area contributed by atoms with Gasteiger partial charge < -0.3 is 41.2 Å². The highest BCUT2D eigenvalue weighted by Crippen LogP contribution is 2.30. The number of H-pyrrole nitrogens is 1. The molecule has 1 N–H and O–H groups in total. The summed E-state index contributed by atoms with van der Waals surface area (Å²) in [5.74, 6) is -1.53. The predicted molar refractivity (Wildman–Crippen MR) is 269 cm³/mol. The van der Waals surface area contributed by atoms with Crippen LogP contribution in [0.15, 0.2) is 114 Å². The predicted octanol–water partition coefficient (Wildman–Crippen LogP) is 6.38. The standard InChI is InChI=1S/C25H26ClN3O6.C18H22ClN3O5.C7H5ClO.ClH/c1-4-28(25(32)34-14-13-33-3)18-11-12-19(21(26)15-18)22(30)20-16-27-29(5-2)23(20)35-24(31)17-9-7-6-8-10-17;1-4-21(18(25)27-9-8-26-3)12-6-7-13(15(19)10-12)16(23)14-11-20-22(5-2)17(14)24;8-7(9)6-4-2-1-3-5-6;/h6-12,15-16H,4-5,13-14H2,1-3H3;6-7,10-11,20H,4-5,8-9H2,1-3H3;1-5H;1H/p-1. The highest BCUT2D eigenvalue weighted by molar-refractivity contribution is 6.67. The first kappa shape index (κ1) is 59.5. The van der Waals surface area contributed by atoms with Gasteiger partial charge >= 0.3 is 18.2 Å². The van der Waals surface area contributed by atoms with Gasteiger partial charge in [0.1, 0.15) is 24.3 Å². The van der Waals surface area contributed by atoms with Gasteiger partial charge in [-0.05, 0) is 87.8 Å². The topological polar surface area (TPSA) is 211 Å². The number of aromatic nitrogens is 4. The summed E-state index contributed by atoms with van der Waals surface area (Å²) >= 11 is 17.9. The summed E-state index contributed by atoms with van der Waals surface area (Å²) in [7, 11) is 3.03. The molecule has 0 spiro atoms. The third kappa shape index (κ3) is 16.1. The zero-order chi connectivity index (χ0) is 52.0. The van der Waals surface area contributed by atoms with Crippen molar-refractivity contribution in [2.75, 3.05) is 63.5 Å². The van der Waals surface area contributed by atoms with Crippen LogP contribution in [0.2, 0.25) is 10.0 Å². The average Bonchev–Trinajstić information content (AvgIpc) is 3.97. The molecule has 6 aromatic rings. The molecule has 6 rings (SSSR count). The maximum absolute atomic E-state index is 13.3. The van der Waals surface area contributed by atoms with E-state index >= 15 is 0 Å². The normalized spacial score (nSPS) is 10.3. The summed E-state index contributed by atoms with van der Waals surface area (Å²) in [6.07, 6.45) is 1.61. The lowest BCUT2D eigenvalue weighted by molar-refractivity contribution is -0.0000584. The van der Waals surface area contributed by atoms with Gasteiger partial charge in [-0.1, -0.05) is 71.7 Å². The molecule has 0 saturated heterocycles. The van der Waals surface area contributed by atoms with Crippen LogP contribution in [0.4, 0.5) is 21.0 Å². The van der Waals surface area contributed by atoms with Crippen molar-refractivity contribution < 1.29 is 64.9 Å². The Hall–Kier alpha value is -6.80. The fraction of sp³-hybridized carbons (Fsp3) is 0.280. The summed E-state index contributed by atoms with van der Waals surface area (Å²) in [6, 6.07) is 26.4. The number of esters is 1. The van der Waals surface area contributed by atoms with Crippen LogP contribution in [0, 0.1) is 0 Å². The van der Waals surface area contributed by atoms with E-state index in [9.17, 15) is 33.6 Å². The Bertz CT molecular complexity index is 2820. The molecule has 22 heteroatoms. The van der Waals surface area contributed by atoms with Gasteiger partial charge in [0.15, 0.2) is 0 Å². The second-order valence-electron chi connectivity index (χ2n) is 14.5. The molecule has 0 unspecified atom stereocenters. The van der Waals surface area contributed by atoms with Gasteiger partial charge in [-0.15, -0.1) is 0 Å². The summed E-state index contributed by atoms with van der Waals surface area (Å²) < 4.78 is 28.3. The molecule has 0 aliphatic rings. The number of rotatable bonds is 19. The highest BCUT2D eigenvalue weighted by atomic mass is 35.5. The Morgan fingerprint density at radius 3 is 1.49 bits per heavy atom. The van der Waals surface area contributed by atoms with Gasteiger partial charge in [0, 0.05) is 74.7 Å². The molecular weight excluding hydrogens is 1020 g/mol. The third-order valence-electron chi connectivity index (χ3n) is 10.1. The van der Waals surface area contributed by atoms with Crippen LogP contribution in [0.5, 0.6) is 5.88 Å². The number of amides is 2. The number of benzene rings is 4. The monoisotopic (exact) mass is 1070 g/mol. The minimum atomic E-state index is -0.609. The maximum Gasteiger partial charge on any atom is 0.414 e. The smallest absolute Gasteiger partial charge is 0.414 e. The molecule has 0 aliphatic carbocycles. The molecule has 384 valence electrons. The number of nitrogens with zero attached hydrogens (tertiary/aromatic N) is 5. The van der Waals surface area contributed by atoms with Gasteiger partial charge in [0.2, 0.25) is 17.4 Å². The number of hydrogen-bond acceptors (Lipinski definition) is 13. The van der Waals surface area contributed by atoms with Crippen molar-refractivity contribution in [2.45, 2.75) is 40.8 Å². The van der Waals surface area contributed by atoms with E-state index < -0.39 is 40.5 Å².